The van der Waals surface area contributed by atoms with Gasteiger partial charge in [-0.15, -0.1) is 0 Å². The lowest BCUT2D eigenvalue weighted by Gasteiger charge is -1.99. The summed E-state index contributed by atoms with van der Waals surface area (Å²) in [6.07, 6.45) is 1.56. The zero-order valence-corrected chi connectivity index (χ0v) is 12.8. The van der Waals surface area contributed by atoms with E-state index in [2.05, 4.69) is 6.07 Å². The van der Waals surface area contributed by atoms with Crippen LogP contribution in [0.5, 0.6) is 0 Å². The van der Waals surface area contributed by atoms with E-state index in [1.54, 1.807) is 30.3 Å². The van der Waals surface area contributed by atoms with Crippen LogP contribution >= 0.6 is 0 Å². The van der Waals surface area contributed by atoms with Gasteiger partial charge in [0.1, 0.15) is 17.3 Å². The van der Waals surface area contributed by atoms with Gasteiger partial charge in [0, 0.05) is 17.7 Å². The molecule has 0 aliphatic heterocycles. The molecule has 3 rings (SSSR count). The Morgan fingerprint density at radius 3 is 2.36 bits per heavy atom. The summed E-state index contributed by atoms with van der Waals surface area (Å²) in [5.74, 6) is 0.603. The molecule has 0 aliphatic rings. The number of furan rings is 1. The molecule has 0 saturated heterocycles. The smallest absolute Gasteiger partial charge is 0.269 e. The van der Waals surface area contributed by atoms with E-state index in [0.717, 1.165) is 0 Å². The normalized spacial score (nSPS) is 11.1. The van der Waals surface area contributed by atoms with Gasteiger partial charge in [0.15, 0.2) is 0 Å². The first kappa shape index (κ1) is 16.1. The van der Waals surface area contributed by atoms with Crippen LogP contribution in [-0.2, 0) is 0 Å². The topological polar surface area (TPSA) is 80.1 Å². The van der Waals surface area contributed by atoms with Crippen molar-refractivity contribution in [2.45, 2.75) is 0 Å². The molecular formula is C19H11FN2O3. The lowest BCUT2D eigenvalue weighted by Crippen LogP contribution is -1.86. The molecule has 0 N–H and O–H groups in total. The van der Waals surface area contributed by atoms with Crippen molar-refractivity contribution in [3.8, 4) is 17.4 Å². The Morgan fingerprint density at radius 1 is 1.08 bits per heavy atom. The predicted octanol–water partition coefficient (Wildman–Crippen LogP) is 5.06. The number of nitriles is 1. The summed E-state index contributed by atoms with van der Waals surface area (Å²) in [5.41, 5.74) is 1.60. The Hall–Kier alpha value is -3.72. The summed E-state index contributed by atoms with van der Waals surface area (Å²) < 4.78 is 18.7. The number of nitro benzene ring substituents is 1. The van der Waals surface area contributed by atoms with E-state index >= 15 is 0 Å². The van der Waals surface area contributed by atoms with Crippen LogP contribution in [0.1, 0.15) is 11.3 Å². The maximum Gasteiger partial charge on any atom is 0.269 e. The van der Waals surface area contributed by atoms with E-state index < -0.39 is 4.92 Å². The number of hydrogen-bond acceptors (Lipinski definition) is 4. The highest BCUT2D eigenvalue weighted by molar-refractivity contribution is 5.88. The van der Waals surface area contributed by atoms with Gasteiger partial charge in [0.2, 0.25) is 0 Å². The SMILES string of the molecule is N#CC(=Cc1ccc(-c2ccc([N+](=O)[O-])cc2)o1)c1ccc(F)cc1. The van der Waals surface area contributed by atoms with Crippen molar-refractivity contribution in [3.63, 3.8) is 0 Å². The molecule has 5 nitrogen and oxygen atoms in total. The summed E-state index contributed by atoms with van der Waals surface area (Å²) >= 11 is 0. The summed E-state index contributed by atoms with van der Waals surface area (Å²) in [6, 6.07) is 17.0. The lowest BCUT2D eigenvalue weighted by atomic mass is 10.1. The first-order valence-corrected chi connectivity index (χ1v) is 7.29. The predicted molar refractivity (Wildman–Crippen MR) is 90.7 cm³/mol. The number of halogens is 1. The van der Waals surface area contributed by atoms with Crippen LogP contribution in [0.15, 0.2) is 65.1 Å². The summed E-state index contributed by atoms with van der Waals surface area (Å²) in [6.45, 7) is 0. The minimum absolute atomic E-state index is 0.00139. The van der Waals surface area contributed by atoms with Crippen molar-refractivity contribution in [1.29, 1.82) is 5.26 Å². The first-order chi connectivity index (χ1) is 12.1. The van der Waals surface area contributed by atoms with Crippen LogP contribution in [0.25, 0.3) is 23.0 Å². The number of nitro groups is 1. The van der Waals surface area contributed by atoms with Gasteiger partial charge < -0.3 is 4.42 Å². The van der Waals surface area contributed by atoms with Crippen molar-refractivity contribution in [2.24, 2.45) is 0 Å². The quantitative estimate of drug-likeness (QED) is 0.379. The number of hydrogen-bond donors (Lipinski definition) is 0. The third kappa shape index (κ3) is 3.62. The van der Waals surface area contributed by atoms with Crippen LogP contribution in [-0.4, -0.2) is 4.92 Å². The molecule has 0 amide bonds. The van der Waals surface area contributed by atoms with Crippen molar-refractivity contribution in [2.75, 3.05) is 0 Å². The number of benzene rings is 2. The van der Waals surface area contributed by atoms with Crippen molar-refractivity contribution in [3.05, 3.63) is 87.9 Å². The fourth-order valence-electron chi connectivity index (χ4n) is 2.28. The van der Waals surface area contributed by atoms with Crippen LogP contribution in [0.3, 0.4) is 0 Å². The van der Waals surface area contributed by atoms with Crippen LogP contribution in [0.2, 0.25) is 0 Å². The summed E-state index contributed by atoms with van der Waals surface area (Å²) in [4.78, 5) is 10.2. The molecule has 6 heteroatoms. The highest BCUT2D eigenvalue weighted by Crippen LogP contribution is 2.26. The van der Waals surface area contributed by atoms with Gasteiger partial charge in [-0.1, -0.05) is 12.1 Å². The zero-order chi connectivity index (χ0) is 17.8. The number of rotatable bonds is 4. The third-order valence-electron chi connectivity index (χ3n) is 3.55. The van der Waals surface area contributed by atoms with E-state index in [0.29, 0.717) is 28.2 Å². The van der Waals surface area contributed by atoms with Gasteiger partial charge in [-0.2, -0.15) is 5.26 Å². The number of non-ortho nitro benzene ring substituents is 1. The Balaban J connectivity index is 1.88. The minimum atomic E-state index is -0.470. The summed E-state index contributed by atoms with van der Waals surface area (Å²) in [7, 11) is 0. The maximum atomic E-state index is 13.0. The second-order valence-electron chi connectivity index (χ2n) is 5.18. The molecular weight excluding hydrogens is 323 g/mol. The fourth-order valence-corrected chi connectivity index (χ4v) is 2.28. The molecule has 3 aromatic rings. The Morgan fingerprint density at radius 2 is 1.76 bits per heavy atom. The van der Waals surface area contributed by atoms with Crippen molar-refractivity contribution in [1.82, 2.24) is 0 Å². The molecule has 0 saturated carbocycles. The van der Waals surface area contributed by atoms with Crippen molar-refractivity contribution < 1.29 is 13.7 Å². The van der Waals surface area contributed by atoms with E-state index in [9.17, 15) is 19.8 Å². The molecule has 0 aliphatic carbocycles. The Bertz CT molecular complexity index is 981. The van der Waals surface area contributed by atoms with Gasteiger partial charge in [0.25, 0.3) is 5.69 Å². The highest BCUT2D eigenvalue weighted by atomic mass is 19.1. The fraction of sp³-hybridized carbons (Fsp3) is 0. The average molecular weight is 334 g/mol. The third-order valence-corrected chi connectivity index (χ3v) is 3.55. The Labute approximate surface area is 142 Å². The lowest BCUT2D eigenvalue weighted by molar-refractivity contribution is -0.384. The molecule has 0 spiro atoms. The van der Waals surface area contributed by atoms with Gasteiger partial charge >= 0.3 is 0 Å². The van der Waals surface area contributed by atoms with E-state index in [-0.39, 0.29) is 11.5 Å². The van der Waals surface area contributed by atoms with Crippen LogP contribution in [0, 0.1) is 27.3 Å². The van der Waals surface area contributed by atoms with Crippen LogP contribution in [0.4, 0.5) is 10.1 Å². The second kappa shape index (κ2) is 6.81. The molecule has 0 fully saturated rings. The summed E-state index contributed by atoms with van der Waals surface area (Å²) in [5, 5.41) is 20.0. The molecule has 25 heavy (non-hydrogen) atoms. The second-order valence-corrected chi connectivity index (χ2v) is 5.18. The standard InChI is InChI=1S/C19H11FN2O3/c20-16-5-1-13(2-6-16)15(12-21)11-18-9-10-19(25-18)14-3-7-17(8-4-14)22(23)24/h1-11H. The molecule has 2 aromatic carbocycles. The van der Waals surface area contributed by atoms with E-state index in [4.69, 9.17) is 4.42 Å². The molecule has 0 unspecified atom stereocenters. The van der Waals surface area contributed by atoms with Gasteiger partial charge in [-0.3, -0.25) is 10.1 Å². The average Bonchev–Trinajstić information content (AvgIpc) is 3.09. The Kier molecular flexibility index (Phi) is 4.40. The number of allylic oxidation sites excluding steroid dienone is 1. The number of nitrogens with zero attached hydrogens (tertiary/aromatic N) is 2. The largest absolute Gasteiger partial charge is 0.457 e. The molecule has 0 radical (unpaired) electrons. The van der Waals surface area contributed by atoms with E-state index in [1.807, 2.05) is 0 Å². The molecule has 1 aromatic heterocycles. The van der Waals surface area contributed by atoms with E-state index in [1.165, 1.54) is 36.4 Å². The minimum Gasteiger partial charge on any atom is -0.457 e. The van der Waals surface area contributed by atoms with Gasteiger partial charge in [0.05, 0.1) is 16.6 Å². The van der Waals surface area contributed by atoms with Crippen LogP contribution < -0.4 is 0 Å². The molecule has 0 atom stereocenters. The van der Waals surface area contributed by atoms with Gasteiger partial charge in [-0.25, -0.2) is 4.39 Å². The monoisotopic (exact) mass is 334 g/mol. The van der Waals surface area contributed by atoms with Crippen molar-refractivity contribution >= 4 is 17.3 Å². The molecule has 1 heterocycles. The van der Waals surface area contributed by atoms with Gasteiger partial charge in [-0.05, 0) is 48.0 Å². The first-order valence-electron chi connectivity index (χ1n) is 7.29. The molecule has 0 bridgehead atoms. The zero-order valence-electron chi connectivity index (χ0n) is 12.8. The molecule has 122 valence electrons. The maximum absolute atomic E-state index is 13.0. The highest BCUT2D eigenvalue weighted by Gasteiger charge is 2.09.